The van der Waals surface area contributed by atoms with E-state index in [0.29, 0.717) is 25.2 Å². The molecule has 4 rings (SSSR count). The number of ether oxygens (including phenoxy) is 1. The molecule has 31 heavy (non-hydrogen) atoms. The molecule has 2 aliphatic rings. The molecule has 0 spiro atoms. The third-order valence-electron chi connectivity index (χ3n) is 5.65. The summed E-state index contributed by atoms with van der Waals surface area (Å²) >= 11 is 0. The van der Waals surface area contributed by atoms with Crippen molar-refractivity contribution in [2.45, 2.75) is 25.0 Å². The van der Waals surface area contributed by atoms with Crippen LogP contribution in [0.1, 0.15) is 38.9 Å². The zero-order chi connectivity index (χ0) is 22.4. The lowest BCUT2D eigenvalue weighted by Crippen LogP contribution is -2.54. The van der Waals surface area contributed by atoms with E-state index in [1.54, 1.807) is 0 Å². The van der Waals surface area contributed by atoms with Gasteiger partial charge in [0.15, 0.2) is 11.4 Å². The van der Waals surface area contributed by atoms with Crippen LogP contribution in [0.5, 0.6) is 5.75 Å². The molecule has 2 amide bonds. The Balaban J connectivity index is 1.69. The Labute approximate surface area is 173 Å². The van der Waals surface area contributed by atoms with Gasteiger partial charge in [0.1, 0.15) is 23.0 Å². The highest BCUT2D eigenvalue weighted by Gasteiger charge is 2.42. The van der Waals surface area contributed by atoms with Crippen molar-refractivity contribution in [3.63, 3.8) is 0 Å². The molecule has 1 aromatic carbocycles. The summed E-state index contributed by atoms with van der Waals surface area (Å²) in [6.45, 7) is -0.00957. The van der Waals surface area contributed by atoms with Gasteiger partial charge in [-0.1, -0.05) is 0 Å². The van der Waals surface area contributed by atoms with E-state index in [0.717, 1.165) is 6.20 Å². The number of amides is 2. The fourth-order valence-electron chi connectivity index (χ4n) is 3.98. The van der Waals surface area contributed by atoms with Crippen molar-refractivity contribution in [2.75, 3.05) is 20.3 Å². The number of likely N-dealkylation sites (N-methyl/N-ethyl adjacent to an activating group) is 1. The Bertz CT molecular complexity index is 1130. The van der Waals surface area contributed by atoms with Crippen molar-refractivity contribution in [3.05, 3.63) is 62.8 Å². The van der Waals surface area contributed by atoms with E-state index in [4.69, 9.17) is 4.74 Å². The van der Waals surface area contributed by atoms with E-state index in [1.165, 1.54) is 16.5 Å². The maximum atomic E-state index is 13.8. The summed E-state index contributed by atoms with van der Waals surface area (Å²) in [6.07, 6.45) is 1.64. The van der Waals surface area contributed by atoms with Crippen LogP contribution < -0.4 is 10.7 Å². The number of carbonyl (C=O) groups is 2. The molecule has 2 N–H and O–H groups in total. The first-order valence-corrected chi connectivity index (χ1v) is 9.45. The number of nitrogens with one attached hydrogen (secondary N) is 1. The van der Waals surface area contributed by atoms with Gasteiger partial charge >= 0.3 is 0 Å². The molecule has 11 heteroatoms. The molecule has 2 atom stereocenters. The first kappa shape index (κ1) is 20.9. The summed E-state index contributed by atoms with van der Waals surface area (Å²) in [6, 6.07) is 0.250. The number of nitrogens with zero attached hydrogens (tertiary/aromatic N) is 2. The molecular formula is C20H18F3N3O5. The average molecular weight is 437 g/mol. The summed E-state index contributed by atoms with van der Waals surface area (Å²) in [4.78, 5) is 39.2. The lowest BCUT2D eigenvalue weighted by molar-refractivity contribution is -0.0115. The maximum Gasteiger partial charge on any atom is 0.274 e. The van der Waals surface area contributed by atoms with Crippen molar-refractivity contribution in [1.82, 2.24) is 14.8 Å². The molecule has 2 aromatic rings. The molecule has 1 saturated heterocycles. The van der Waals surface area contributed by atoms with Crippen LogP contribution in [0.2, 0.25) is 0 Å². The van der Waals surface area contributed by atoms with Gasteiger partial charge in [-0.25, -0.2) is 13.2 Å². The predicted molar refractivity (Wildman–Crippen MR) is 100 cm³/mol. The number of benzene rings is 1. The second-order valence-corrected chi connectivity index (χ2v) is 7.42. The van der Waals surface area contributed by atoms with Gasteiger partial charge in [0.05, 0.1) is 18.7 Å². The van der Waals surface area contributed by atoms with Gasteiger partial charge in [0.2, 0.25) is 5.43 Å². The van der Waals surface area contributed by atoms with E-state index >= 15 is 0 Å². The van der Waals surface area contributed by atoms with Crippen molar-refractivity contribution in [1.29, 1.82) is 0 Å². The minimum Gasteiger partial charge on any atom is -0.503 e. The number of carbonyl (C=O) groups excluding carboxylic acids is 2. The van der Waals surface area contributed by atoms with Crippen molar-refractivity contribution >= 4 is 11.8 Å². The normalized spacial score (nSPS) is 20.3. The second kappa shape index (κ2) is 7.73. The van der Waals surface area contributed by atoms with E-state index in [9.17, 15) is 32.7 Å². The number of pyridine rings is 1. The molecule has 0 aliphatic carbocycles. The van der Waals surface area contributed by atoms with Crippen LogP contribution in [0.4, 0.5) is 13.2 Å². The number of hydrogen-bond donors (Lipinski definition) is 2. The van der Waals surface area contributed by atoms with Gasteiger partial charge in [-0.3, -0.25) is 14.4 Å². The number of halogens is 3. The Morgan fingerprint density at radius 1 is 1.23 bits per heavy atom. The second-order valence-electron chi connectivity index (χ2n) is 7.42. The number of aromatic nitrogens is 1. The summed E-state index contributed by atoms with van der Waals surface area (Å²) in [5, 5.41) is 12.6. The molecule has 164 valence electrons. The standard InChI is InChI=1S/C20H18F3N3O5/c1-25-15-8-31-3-2-14(15)26-7-11(17(27)18(28)16(26)20(25)30)19(29)24-6-10-12(22)4-9(21)5-13(10)23/h4-5,7,14-15,28H,2-3,6,8H2,1H3,(H,24,29)/t14-,15+/m0/s1. The number of hydrogen-bond acceptors (Lipinski definition) is 5. The lowest BCUT2D eigenvalue weighted by atomic mass is 9.96. The van der Waals surface area contributed by atoms with Crippen LogP contribution >= 0.6 is 0 Å². The molecule has 3 heterocycles. The Morgan fingerprint density at radius 3 is 2.58 bits per heavy atom. The zero-order valence-corrected chi connectivity index (χ0v) is 16.3. The van der Waals surface area contributed by atoms with Crippen LogP contribution in [-0.2, 0) is 11.3 Å². The van der Waals surface area contributed by atoms with Crippen LogP contribution in [-0.4, -0.2) is 52.7 Å². The van der Waals surface area contributed by atoms with Gasteiger partial charge in [-0.2, -0.15) is 0 Å². The molecule has 0 unspecified atom stereocenters. The zero-order valence-electron chi connectivity index (χ0n) is 16.3. The maximum absolute atomic E-state index is 13.8. The van der Waals surface area contributed by atoms with E-state index in [2.05, 4.69) is 5.32 Å². The van der Waals surface area contributed by atoms with Gasteiger partial charge in [0, 0.05) is 44.1 Å². The minimum absolute atomic E-state index is 0.233. The van der Waals surface area contributed by atoms with Gasteiger partial charge < -0.3 is 24.6 Å². The van der Waals surface area contributed by atoms with Crippen LogP contribution in [0.15, 0.2) is 23.1 Å². The smallest absolute Gasteiger partial charge is 0.274 e. The summed E-state index contributed by atoms with van der Waals surface area (Å²) in [5.74, 6) is -5.97. The largest absolute Gasteiger partial charge is 0.503 e. The number of fused-ring (bicyclic) bond motifs is 3. The van der Waals surface area contributed by atoms with Gasteiger partial charge in [0.25, 0.3) is 11.8 Å². The quantitative estimate of drug-likeness (QED) is 0.755. The van der Waals surface area contributed by atoms with E-state index in [1.807, 2.05) is 0 Å². The molecule has 0 saturated carbocycles. The summed E-state index contributed by atoms with van der Waals surface area (Å²) in [7, 11) is 1.54. The average Bonchev–Trinajstić information content (AvgIpc) is 2.73. The van der Waals surface area contributed by atoms with Gasteiger partial charge in [-0.05, 0) is 6.42 Å². The molecular weight excluding hydrogens is 419 g/mol. The highest BCUT2D eigenvalue weighted by Crippen LogP contribution is 2.34. The Kier molecular flexibility index (Phi) is 5.21. The first-order chi connectivity index (χ1) is 14.7. The Hall–Kier alpha value is -3.34. The van der Waals surface area contributed by atoms with Crippen molar-refractivity contribution < 1.29 is 32.6 Å². The van der Waals surface area contributed by atoms with E-state index in [-0.39, 0.29) is 24.4 Å². The molecule has 1 fully saturated rings. The summed E-state index contributed by atoms with van der Waals surface area (Å²) < 4.78 is 47.5. The first-order valence-electron chi connectivity index (χ1n) is 9.45. The Morgan fingerprint density at radius 2 is 1.90 bits per heavy atom. The topological polar surface area (TPSA) is 101 Å². The third-order valence-corrected chi connectivity index (χ3v) is 5.65. The molecule has 8 nitrogen and oxygen atoms in total. The predicted octanol–water partition coefficient (Wildman–Crippen LogP) is 1.32. The molecule has 0 bridgehead atoms. The van der Waals surface area contributed by atoms with Crippen molar-refractivity contribution in [3.8, 4) is 5.75 Å². The highest BCUT2D eigenvalue weighted by molar-refractivity contribution is 5.99. The number of rotatable bonds is 3. The number of aromatic hydroxyl groups is 1. The SMILES string of the molecule is CN1C(=O)c2c(O)c(=O)c(C(=O)NCc3c(F)cc(F)cc3F)cn2[C@H]2CCOC[C@H]21. The van der Waals surface area contributed by atoms with Crippen LogP contribution in [0.3, 0.4) is 0 Å². The highest BCUT2D eigenvalue weighted by atomic mass is 19.1. The molecule has 2 aliphatic heterocycles. The third kappa shape index (κ3) is 3.44. The van der Waals surface area contributed by atoms with Crippen molar-refractivity contribution in [2.24, 2.45) is 0 Å². The fraction of sp³-hybridized carbons (Fsp3) is 0.350. The monoisotopic (exact) mass is 437 g/mol. The molecule has 1 aromatic heterocycles. The van der Waals surface area contributed by atoms with Gasteiger partial charge in [-0.15, -0.1) is 0 Å². The summed E-state index contributed by atoms with van der Waals surface area (Å²) in [5.41, 5.74) is -2.40. The van der Waals surface area contributed by atoms with E-state index < -0.39 is 58.1 Å². The fourth-order valence-corrected chi connectivity index (χ4v) is 3.98. The molecule has 0 radical (unpaired) electrons. The lowest BCUT2D eigenvalue weighted by Gasteiger charge is -2.44. The van der Waals surface area contributed by atoms with Crippen LogP contribution in [0, 0.1) is 17.5 Å². The van der Waals surface area contributed by atoms with Crippen LogP contribution in [0.25, 0.3) is 0 Å². The minimum atomic E-state index is -1.19.